The van der Waals surface area contributed by atoms with Crippen molar-refractivity contribution >= 4 is 5.97 Å². The van der Waals surface area contributed by atoms with Gasteiger partial charge >= 0.3 is 5.97 Å². The van der Waals surface area contributed by atoms with E-state index in [4.69, 9.17) is 0 Å². The third-order valence-electron chi connectivity index (χ3n) is 3.35. The van der Waals surface area contributed by atoms with Crippen molar-refractivity contribution in [1.82, 2.24) is 10.3 Å². The number of carbonyl (C=O) groups is 1. The predicted molar refractivity (Wildman–Crippen MR) is 66.6 cm³/mol. The number of carboxylic acids is 1. The molecule has 1 aromatic rings. The van der Waals surface area contributed by atoms with Gasteiger partial charge in [-0.2, -0.15) is 0 Å². The summed E-state index contributed by atoms with van der Waals surface area (Å²) in [6.07, 6.45) is 4.76. The number of aliphatic carboxylic acids is 1. The van der Waals surface area contributed by atoms with Crippen molar-refractivity contribution in [3.05, 3.63) is 30.1 Å². The smallest absolute Gasteiger partial charge is 0.310 e. The highest BCUT2D eigenvalue weighted by Gasteiger charge is 2.34. The molecule has 1 aromatic heterocycles. The number of pyridine rings is 1. The quantitative estimate of drug-likeness (QED) is 0.760. The second-order valence-corrected chi connectivity index (χ2v) is 4.25. The van der Waals surface area contributed by atoms with Crippen LogP contribution in [-0.2, 0) is 11.3 Å². The third-order valence-corrected chi connectivity index (χ3v) is 3.35. The molecule has 4 nitrogen and oxygen atoms in total. The van der Waals surface area contributed by atoms with Gasteiger partial charge in [0.25, 0.3) is 0 Å². The molecule has 17 heavy (non-hydrogen) atoms. The van der Waals surface area contributed by atoms with Gasteiger partial charge in [0.1, 0.15) is 0 Å². The zero-order valence-corrected chi connectivity index (χ0v) is 10.4. The molecule has 0 aliphatic rings. The second-order valence-electron chi connectivity index (χ2n) is 4.25. The Kier molecular flexibility index (Phi) is 5.10. The highest BCUT2D eigenvalue weighted by atomic mass is 16.4. The second kappa shape index (κ2) is 6.35. The molecule has 0 bridgehead atoms. The molecule has 2 N–H and O–H groups in total. The number of nitrogens with zero attached hydrogens (tertiary/aromatic N) is 1. The van der Waals surface area contributed by atoms with Crippen LogP contribution in [0.2, 0.25) is 0 Å². The highest BCUT2D eigenvalue weighted by molar-refractivity contribution is 5.74. The van der Waals surface area contributed by atoms with Crippen molar-refractivity contribution in [2.24, 2.45) is 5.41 Å². The molecule has 1 rings (SSSR count). The Morgan fingerprint density at radius 1 is 1.35 bits per heavy atom. The maximum absolute atomic E-state index is 11.3. The summed E-state index contributed by atoms with van der Waals surface area (Å²) < 4.78 is 0. The van der Waals surface area contributed by atoms with Gasteiger partial charge in [-0.15, -0.1) is 0 Å². The summed E-state index contributed by atoms with van der Waals surface area (Å²) in [6.45, 7) is 5.02. The first-order valence-corrected chi connectivity index (χ1v) is 5.97. The highest BCUT2D eigenvalue weighted by Crippen LogP contribution is 2.25. The van der Waals surface area contributed by atoms with E-state index >= 15 is 0 Å². The van der Waals surface area contributed by atoms with Crippen molar-refractivity contribution in [3.8, 4) is 0 Å². The topological polar surface area (TPSA) is 62.2 Å². The number of hydrogen-bond acceptors (Lipinski definition) is 3. The van der Waals surface area contributed by atoms with Gasteiger partial charge in [0, 0.05) is 25.5 Å². The molecular weight excluding hydrogens is 216 g/mol. The van der Waals surface area contributed by atoms with Crippen LogP contribution in [-0.4, -0.2) is 22.6 Å². The van der Waals surface area contributed by atoms with Crippen molar-refractivity contribution in [2.75, 3.05) is 6.54 Å². The van der Waals surface area contributed by atoms with Gasteiger partial charge in [-0.3, -0.25) is 9.78 Å². The summed E-state index contributed by atoms with van der Waals surface area (Å²) in [6, 6.07) is 3.85. The molecular formula is C13H20N2O2. The zero-order chi connectivity index (χ0) is 12.7. The molecule has 0 spiro atoms. The molecule has 0 saturated heterocycles. The van der Waals surface area contributed by atoms with E-state index in [1.54, 1.807) is 12.4 Å². The van der Waals surface area contributed by atoms with Crippen LogP contribution < -0.4 is 5.32 Å². The Morgan fingerprint density at radius 2 is 1.94 bits per heavy atom. The summed E-state index contributed by atoms with van der Waals surface area (Å²) in [4.78, 5) is 15.2. The maximum atomic E-state index is 11.3. The van der Waals surface area contributed by atoms with Crippen LogP contribution in [0.25, 0.3) is 0 Å². The molecule has 0 aliphatic heterocycles. The summed E-state index contributed by atoms with van der Waals surface area (Å²) >= 11 is 0. The minimum atomic E-state index is -0.718. The fourth-order valence-corrected chi connectivity index (χ4v) is 1.82. The van der Waals surface area contributed by atoms with Gasteiger partial charge in [-0.05, 0) is 30.5 Å². The van der Waals surface area contributed by atoms with Crippen LogP contribution in [0.3, 0.4) is 0 Å². The molecule has 0 fully saturated rings. The number of rotatable bonds is 7. The van der Waals surface area contributed by atoms with Crippen LogP contribution >= 0.6 is 0 Å². The van der Waals surface area contributed by atoms with Crippen molar-refractivity contribution in [3.63, 3.8) is 0 Å². The molecule has 1 heterocycles. The van der Waals surface area contributed by atoms with E-state index in [-0.39, 0.29) is 0 Å². The van der Waals surface area contributed by atoms with Crippen LogP contribution in [0.15, 0.2) is 24.5 Å². The average Bonchev–Trinajstić information content (AvgIpc) is 2.36. The first kappa shape index (κ1) is 13.6. The van der Waals surface area contributed by atoms with Crippen LogP contribution in [0.5, 0.6) is 0 Å². The van der Waals surface area contributed by atoms with Crippen molar-refractivity contribution in [2.45, 2.75) is 33.2 Å². The standard InChI is InChI=1S/C13H20N2O2/c1-3-13(4-2,12(16)17)10-15-9-11-5-7-14-8-6-11/h5-8,15H,3-4,9-10H2,1-2H3,(H,16,17). The molecule has 0 unspecified atom stereocenters. The van der Waals surface area contributed by atoms with Crippen LogP contribution in [0.4, 0.5) is 0 Å². The fourth-order valence-electron chi connectivity index (χ4n) is 1.82. The minimum Gasteiger partial charge on any atom is -0.481 e. The minimum absolute atomic E-state index is 0.498. The maximum Gasteiger partial charge on any atom is 0.310 e. The SMILES string of the molecule is CCC(CC)(CNCc1ccncc1)C(=O)O. The van der Waals surface area contributed by atoms with Crippen molar-refractivity contribution in [1.29, 1.82) is 0 Å². The Hall–Kier alpha value is -1.42. The Labute approximate surface area is 102 Å². The first-order valence-electron chi connectivity index (χ1n) is 5.97. The molecule has 0 atom stereocenters. The van der Waals surface area contributed by atoms with Gasteiger partial charge in [-0.25, -0.2) is 0 Å². The lowest BCUT2D eigenvalue weighted by molar-refractivity contribution is -0.149. The lowest BCUT2D eigenvalue weighted by Crippen LogP contribution is -2.39. The van der Waals surface area contributed by atoms with Crippen LogP contribution in [0, 0.1) is 5.41 Å². The molecule has 0 aromatic carbocycles. The summed E-state index contributed by atoms with van der Waals surface area (Å²) in [7, 11) is 0. The summed E-state index contributed by atoms with van der Waals surface area (Å²) in [5.74, 6) is -0.718. The van der Waals surface area contributed by atoms with E-state index < -0.39 is 11.4 Å². The van der Waals surface area contributed by atoms with E-state index in [2.05, 4.69) is 10.3 Å². The first-order chi connectivity index (χ1) is 8.14. The van der Waals surface area contributed by atoms with Crippen LogP contribution in [0.1, 0.15) is 32.3 Å². The Balaban J connectivity index is 2.51. The molecule has 94 valence electrons. The number of carboxylic acid groups (broad SMARTS) is 1. The summed E-state index contributed by atoms with van der Waals surface area (Å²) in [5, 5.41) is 12.5. The average molecular weight is 236 g/mol. The molecule has 0 aliphatic carbocycles. The third kappa shape index (κ3) is 3.53. The van der Waals surface area contributed by atoms with Gasteiger partial charge in [0.2, 0.25) is 0 Å². The molecule has 4 heteroatoms. The number of hydrogen-bond donors (Lipinski definition) is 2. The zero-order valence-electron chi connectivity index (χ0n) is 10.4. The van der Waals surface area contributed by atoms with E-state index in [0.29, 0.717) is 25.9 Å². The Morgan fingerprint density at radius 3 is 2.41 bits per heavy atom. The van der Waals surface area contributed by atoms with Gasteiger partial charge in [0.05, 0.1) is 5.41 Å². The monoisotopic (exact) mass is 236 g/mol. The predicted octanol–water partition coefficient (Wildman–Crippen LogP) is 2.06. The fraction of sp³-hybridized carbons (Fsp3) is 0.538. The van der Waals surface area contributed by atoms with Gasteiger partial charge < -0.3 is 10.4 Å². The largest absolute Gasteiger partial charge is 0.481 e. The molecule has 0 amide bonds. The number of aromatic nitrogens is 1. The lowest BCUT2D eigenvalue weighted by atomic mass is 9.82. The van der Waals surface area contributed by atoms with E-state index in [0.717, 1.165) is 5.56 Å². The van der Waals surface area contributed by atoms with Gasteiger partial charge in [-0.1, -0.05) is 13.8 Å². The number of nitrogens with one attached hydrogen (secondary N) is 1. The summed E-state index contributed by atoms with van der Waals surface area (Å²) in [5.41, 5.74) is 0.471. The Bertz CT molecular complexity index is 348. The van der Waals surface area contributed by atoms with Gasteiger partial charge in [0.15, 0.2) is 0 Å². The van der Waals surface area contributed by atoms with Crippen molar-refractivity contribution < 1.29 is 9.90 Å². The lowest BCUT2D eigenvalue weighted by Gasteiger charge is -2.27. The normalized spacial score (nSPS) is 11.4. The molecule has 0 radical (unpaired) electrons. The van der Waals surface area contributed by atoms with E-state index in [9.17, 15) is 9.90 Å². The molecule has 0 saturated carbocycles. The van der Waals surface area contributed by atoms with E-state index in [1.165, 1.54) is 0 Å². The van der Waals surface area contributed by atoms with E-state index in [1.807, 2.05) is 26.0 Å².